The Morgan fingerprint density at radius 1 is 0.860 bits per heavy atom. The fraction of sp³-hybridized carbons (Fsp3) is 0.426. The summed E-state index contributed by atoms with van der Waals surface area (Å²) in [6.07, 6.45) is 9.22. The molecule has 4 fully saturated rings. The quantitative estimate of drug-likeness (QED) is 0.0414. The molecule has 3 atom stereocenters. The topological polar surface area (TPSA) is 284 Å². The van der Waals surface area contributed by atoms with E-state index in [0.717, 1.165) is 62.2 Å². The molecule has 7 heterocycles. The lowest BCUT2D eigenvalue weighted by Gasteiger charge is -2.65. The van der Waals surface area contributed by atoms with Crippen LogP contribution in [-0.2, 0) is 61.7 Å². The molecule has 3 unspecified atom stereocenters. The molecule has 13 rings (SSSR count). The molecule has 3 aliphatic carbocycles. The Morgan fingerprint density at radius 3 is 2.49 bits per heavy atom. The summed E-state index contributed by atoms with van der Waals surface area (Å²) in [4.78, 5) is 91.7. The third kappa shape index (κ3) is 11.3. The summed E-state index contributed by atoms with van der Waals surface area (Å²) in [7, 11) is -4.20. The molecule has 446 valence electrons. The van der Waals surface area contributed by atoms with Crippen molar-refractivity contribution in [1.82, 2.24) is 49.7 Å². The first-order chi connectivity index (χ1) is 41.5. The number of para-hydroxylation sites is 1. The number of anilines is 3. The van der Waals surface area contributed by atoms with Crippen LogP contribution >= 0.6 is 11.3 Å². The first-order valence-corrected chi connectivity index (χ1v) is 31.8. The molecular weight excluding hydrogens is 1140 g/mol. The van der Waals surface area contributed by atoms with Gasteiger partial charge >= 0.3 is 0 Å². The molecule has 86 heavy (non-hydrogen) atoms. The number of rotatable bonds is 22. The Balaban J connectivity index is 0.621. The van der Waals surface area contributed by atoms with Crippen molar-refractivity contribution in [3.05, 3.63) is 130 Å². The molecular formula is C61H65N13O10S2. The SMILES string of the molecule is Cc1c(-c2ccc(N3CCc4cccc(C(=O)Nc5nc6ccccc6s5)c4C3)nc2C(=O)NS(=O)(=O)CCCn2cc(COCCOCCNc3cccc4c3C(=O)N(C3CCC(=O)NC3=O)C4=O)nn2)cnn1CC1(C)CC2CC3CC(C1)C32. The Labute approximate surface area is 499 Å². The van der Waals surface area contributed by atoms with Gasteiger partial charge in [0.2, 0.25) is 21.8 Å². The van der Waals surface area contributed by atoms with Crippen LogP contribution in [0.1, 0.15) is 116 Å². The van der Waals surface area contributed by atoms with Gasteiger partial charge in [-0.25, -0.2) is 23.1 Å². The van der Waals surface area contributed by atoms with E-state index in [1.807, 2.05) is 65.0 Å². The van der Waals surface area contributed by atoms with Crippen LogP contribution in [0.5, 0.6) is 0 Å². The minimum Gasteiger partial charge on any atom is -0.382 e. The zero-order valence-electron chi connectivity index (χ0n) is 47.6. The lowest BCUT2D eigenvalue weighted by Crippen LogP contribution is -2.58. The van der Waals surface area contributed by atoms with Crippen molar-refractivity contribution in [2.75, 3.05) is 54.2 Å². The second kappa shape index (κ2) is 23.2. The number of aromatic nitrogens is 7. The van der Waals surface area contributed by atoms with E-state index in [4.69, 9.17) is 19.6 Å². The van der Waals surface area contributed by atoms with Crippen LogP contribution < -0.4 is 25.6 Å². The summed E-state index contributed by atoms with van der Waals surface area (Å²) >= 11 is 1.40. The Hall–Kier alpha value is -8.26. The van der Waals surface area contributed by atoms with Gasteiger partial charge < -0.3 is 19.7 Å². The molecule has 4 N–H and O–H groups in total. The van der Waals surface area contributed by atoms with E-state index in [0.29, 0.717) is 65.1 Å². The summed E-state index contributed by atoms with van der Waals surface area (Å²) in [5.41, 5.74) is 6.48. The number of nitrogens with one attached hydrogen (secondary N) is 4. The number of fused-ring (bicyclic) bond motifs is 3. The van der Waals surface area contributed by atoms with Crippen LogP contribution in [0.15, 0.2) is 85.2 Å². The van der Waals surface area contributed by atoms with Gasteiger partial charge in [-0.3, -0.25) is 53.7 Å². The zero-order valence-corrected chi connectivity index (χ0v) is 49.3. The smallest absolute Gasteiger partial charge is 0.284 e. The van der Waals surface area contributed by atoms with Crippen molar-refractivity contribution in [3.63, 3.8) is 0 Å². The minimum atomic E-state index is -4.20. The fourth-order valence-corrected chi connectivity index (χ4v) is 15.8. The highest BCUT2D eigenvalue weighted by Gasteiger charge is 2.59. The van der Waals surface area contributed by atoms with Gasteiger partial charge in [-0.1, -0.05) is 53.8 Å². The molecule has 7 aromatic rings. The largest absolute Gasteiger partial charge is 0.382 e. The summed E-state index contributed by atoms with van der Waals surface area (Å²) < 4.78 is 45.9. The molecule has 3 aliphatic heterocycles. The van der Waals surface area contributed by atoms with Gasteiger partial charge in [0.1, 0.15) is 23.2 Å². The van der Waals surface area contributed by atoms with Crippen LogP contribution in [0.2, 0.25) is 0 Å². The van der Waals surface area contributed by atoms with Crippen molar-refractivity contribution in [3.8, 4) is 11.1 Å². The number of ether oxygens (including phenoxy) is 2. The number of imide groups is 2. The van der Waals surface area contributed by atoms with Gasteiger partial charge in [0.05, 0.1) is 65.9 Å². The van der Waals surface area contributed by atoms with Crippen molar-refractivity contribution in [2.24, 2.45) is 29.1 Å². The molecule has 25 heteroatoms. The van der Waals surface area contributed by atoms with E-state index in [1.54, 1.807) is 30.6 Å². The highest BCUT2D eigenvalue weighted by Crippen LogP contribution is 2.67. The number of nitrogens with zero attached hydrogens (tertiary/aromatic N) is 9. The number of aryl methyl sites for hydroxylation is 1. The third-order valence-electron chi connectivity index (χ3n) is 18.0. The van der Waals surface area contributed by atoms with Crippen LogP contribution in [0, 0.1) is 36.0 Å². The summed E-state index contributed by atoms with van der Waals surface area (Å²) in [6, 6.07) is 20.9. The molecule has 4 aromatic heterocycles. The Bertz CT molecular complexity index is 3940. The third-order valence-corrected chi connectivity index (χ3v) is 20.3. The van der Waals surface area contributed by atoms with Gasteiger partial charge in [0.25, 0.3) is 23.6 Å². The number of piperidine rings is 1. The maximum Gasteiger partial charge on any atom is 0.284 e. The van der Waals surface area contributed by atoms with E-state index in [-0.39, 0.29) is 80.4 Å². The van der Waals surface area contributed by atoms with Crippen molar-refractivity contribution >= 4 is 83.7 Å². The summed E-state index contributed by atoms with van der Waals surface area (Å²) in [5.74, 6) is -0.0141. The second-order valence-electron chi connectivity index (χ2n) is 23.8. The van der Waals surface area contributed by atoms with E-state index < -0.39 is 51.4 Å². The average Bonchev–Trinajstić information content (AvgIpc) is 2.17. The number of carbonyl (C=O) groups is 6. The van der Waals surface area contributed by atoms with Crippen LogP contribution in [0.3, 0.4) is 0 Å². The van der Waals surface area contributed by atoms with Crippen molar-refractivity contribution < 1.29 is 46.7 Å². The first kappa shape index (κ1) is 56.8. The summed E-state index contributed by atoms with van der Waals surface area (Å²) in [6.45, 7) is 7.28. The van der Waals surface area contributed by atoms with E-state index in [9.17, 15) is 37.2 Å². The highest BCUT2D eigenvalue weighted by molar-refractivity contribution is 7.90. The number of hydrogen-bond donors (Lipinski definition) is 4. The number of hydrogen-bond acceptors (Lipinski definition) is 18. The van der Waals surface area contributed by atoms with Gasteiger partial charge in [0.15, 0.2) is 5.13 Å². The number of thiazole rings is 1. The monoisotopic (exact) mass is 1200 g/mol. The second-order valence-corrected chi connectivity index (χ2v) is 26.7. The summed E-state index contributed by atoms with van der Waals surface area (Å²) in [5, 5.41) is 22.0. The van der Waals surface area contributed by atoms with Gasteiger partial charge in [-0.05, 0) is 135 Å². The fourth-order valence-electron chi connectivity index (χ4n) is 14.0. The van der Waals surface area contributed by atoms with Gasteiger partial charge in [-0.15, -0.1) is 5.10 Å². The van der Waals surface area contributed by atoms with Crippen LogP contribution in [0.4, 0.5) is 16.6 Å². The molecule has 3 saturated carbocycles. The molecule has 1 saturated heterocycles. The predicted octanol–water partition coefficient (Wildman–Crippen LogP) is 6.54. The van der Waals surface area contributed by atoms with E-state index >= 15 is 0 Å². The average molecular weight is 1200 g/mol. The Morgan fingerprint density at radius 2 is 1.67 bits per heavy atom. The molecule has 6 aliphatic rings. The van der Waals surface area contributed by atoms with E-state index in [1.165, 1.54) is 47.8 Å². The maximum atomic E-state index is 14.5. The first-order valence-electron chi connectivity index (χ1n) is 29.3. The lowest BCUT2D eigenvalue weighted by atomic mass is 9.40. The number of amides is 6. The number of carbonyl (C=O) groups excluding carboxylic acids is 6. The molecule has 6 amide bonds. The number of benzene rings is 3. The molecule has 3 aromatic carbocycles. The van der Waals surface area contributed by atoms with E-state index in [2.05, 4.69) is 42.9 Å². The standard InChI is InChI=1S/C61H65N13O10S2/c1-35-44(30-63-73(35)34-61(2)28-38-26-37-27-39(29-61)52(37)38)41-14-16-50(71-21-18-36-8-5-9-42(45(36)32-71)55(76)67-60-64-46-11-3-4-13-49(46)85-60)65-54(41)57(78)69-86(81,82)25-7-20-72-31-40(68-70-72)33-84-24-23-83-22-19-62-47-12-6-10-43-53(47)59(80)74(58(43)79)48-15-17-51(75)66-56(48)77/h3-6,8-14,16,30-31,37-39,48,52,62H,7,15,17-29,32-34H2,1-2H3,(H,69,78)(H,64,67,76)(H,66,75,77). The molecule has 0 radical (unpaired) electrons. The maximum absolute atomic E-state index is 14.5. The number of pyridine rings is 1. The zero-order chi connectivity index (χ0) is 59.4. The van der Waals surface area contributed by atoms with Gasteiger partial charge in [0, 0.05) is 67.2 Å². The van der Waals surface area contributed by atoms with Crippen molar-refractivity contribution in [2.45, 2.75) is 97.5 Å². The number of sulfonamides is 1. The molecule has 0 bridgehead atoms. The van der Waals surface area contributed by atoms with Gasteiger partial charge in [-0.2, -0.15) is 5.10 Å². The molecule has 23 nitrogen and oxygen atoms in total. The molecule has 0 spiro atoms. The van der Waals surface area contributed by atoms with Crippen LogP contribution in [-0.4, -0.2) is 128 Å². The lowest BCUT2D eigenvalue weighted by molar-refractivity contribution is -0.161. The van der Waals surface area contributed by atoms with Crippen molar-refractivity contribution in [1.29, 1.82) is 0 Å². The van der Waals surface area contributed by atoms with Crippen LogP contribution in [0.25, 0.3) is 21.3 Å². The minimum absolute atomic E-state index is 0.0289. The highest BCUT2D eigenvalue weighted by atomic mass is 32.2. The predicted molar refractivity (Wildman–Crippen MR) is 317 cm³/mol. The normalized spacial score (nSPS) is 22.2. The Kier molecular flexibility index (Phi) is 15.3.